The third-order valence-electron chi connectivity index (χ3n) is 6.21. The van der Waals surface area contributed by atoms with Crippen LogP contribution in [0.15, 0.2) is 24.3 Å². The average molecular weight is 420 g/mol. The van der Waals surface area contributed by atoms with Gasteiger partial charge < -0.3 is 9.47 Å². The number of rotatable bonds is 3. The molecule has 3 heterocycles. The fraction of sp³-hybridized carbons (Fsp3) is 0.524. The molecule has 160 valence electrons. The fourth-order valence-electron chi connectivity index (χ4n) is 4.48. The van der Waals surface area contributed by atoms with Crippen molar-refractivity contribution in [3.63, 3.8) is 0 Å². The zero-order valence-electron chi connectivity index (χ0n) is 16.7. The molecule has 30 heavy (non-hydrogen) atoms. The van der Waals surface area contributed by atoms with Crippen molar-refractivity contribution in [2.45, 2.75) is 51.2 Å². The van der Waals surface area contributed by atoms with Crippen molar-refractivity contribution in [3.8, 4) is 0 Å². The van der Waals surface area contributed by atoms with Crippen LogP contribution in [-0.4, -0.2) is 44.4 Å². The largest absolute Gasteiger partial charge is 0.416 e. The average Bonchev–Trinajstić information content (AvgIpc) is 3.16. The number of carbonyl (C=O) groups is 2. The normalized spacial score (nSPS) is 20.1. The number of hydrogen-bond donors (Lipinski definition) is 0. The van der Waals surface area contributed by atoms with Gasteiger partial charge in [0.25, 0.3) is 5.91 Å². The molecule has 0 spiro atoms. The molecule has 1 atom stereocenters. The van der Waals surface area contributed by atoms with E-state index in [0.717, 1.165) is 6.07 Å². The molecule has 2 aromatic rings. The molecule has 1 aromatic heterocycles. The lowest BCUT2D eigenvalue weighted by Crippen LogP contribution is -2.40. The molecule has 1 fully saturated rings. The monoisotopic (exact) mass is 420 g/mol. The fourth-order valence-corrected chi connectivity index (χ4v) is 4.48. The SMILES string of the molecule is CC(=O)C1CCn2c(nnc2C(=O)N2CCC(c3ccccc3C(F)(F)F)CC2)C1. The van der Waals surface area contributed by atoms with Gasteiger partial charge in [0.1, 0.15) is 11.6 Å². The highest BCUT2D eigenvalue weighted by Gasteiger charge is 2.37. The minimum atomic E-state index is -4.39. The topological polar surface area (TPSA) is 68.1 Å². The molecule has 0 bridgehead atoms. The van der Waals surface area contributed by atoms with Crippen LogP contribution in [0.1, 0.15) is 59.7 Å². The molecular formula is C21H23F3N4O2. The van der Waals surface area contributed by atoms with Gasteiger partial charge >= 0.3 is 6.18 Å². The number of benzene rings is 1. The van der Waals surface area contributed by atoms with Gasteiger partial charge in [0.05, 0.1) is 5.56 Å². The van der Waals surface area contributed by atoms with Gasteiger partial charge in [0.15, 0.2) is 0 Å². The Kier molecular flexibility index (Phi) is 5.38. The van der Waals surface area contributed by atoms with Crippen LogP contribution >= 0.6 is 0 Å². The second-order valence-electron chi connectivity index (χ2n) is 8.04. The molecule has 1 saturated heterocycles. The number of aromatic nitrogens is 3. The Morgan fingerprint density at radius 2 is 1.73 bits per heavy atom. The molecule has 1 aromatic carbocycles. The van der Waals surface area contributed by atoms with Gasteiger partial charge in [-0.1, -0.05) is 18.2 Å². The van der Waals surface area contributed by atoms with Crippen molar-refractivity contribution in [1.82, 2.24) is 19.7 Å². The Bertz CT molecular complexity index is 961. The maximum atomic E-state index is 13.3. The predicted octanol–water partition coefficient (Wildman–Crippen LogP) is 3.47. The van der Waals surface area contributed by atoms with E-state index >= 15 is 0 Å². The molecule has 6 nitrogen and oxygen atoms in total. The van der Waals surface area contributed by atoms with Gasteiger partial charge in [-0.3, -0.25) is 9.59 Å². The van der Waals surface area contributed by atoms with E-state index in [9.17, 15) is 22.8 Å². The Morgan fingerprint density at radius 3 is 2.40 bits per heavy atom. The summed E-state index contributed by atoms with van der Waals surface area (Å²) in [6.45, 7) is 2.81. The molecule has 0 aliphatic carbocycles. The maximum Gasteiger partial charge on any atom is 0.416 e. The van der Waals surface area contributed by atoms with Crippen molar-refractivity contribution >= 4 is 11.7 Å². The van der Waals surface area contributed by atoms with Crippen LogP contribution < -0.4 is 0 Å². The first-order valence-corrected chi connectivity index (χ1v) is 10.1. The van der Waals surface area contributed by atoms with Crippen molar-refractivity contribution in [1.29, 1.82) is 0 Å². The predicted molar refractivity (Wildman–Crippen MR) is 102 cm³/mol. The molecule has 2 aliphatic heterocycles. The number of piperidine rings is 1. The Balaban J connectivity index is 1.45. The van der Waals surface area contributed by atoms with Crippen molar-refractivity contribution < 1.29 is 22.8 Å². The molecule has 0 radical (unpaired) electrons. The van der Waals surface area contributed by atoms with E-state index in [4.69, 9.17) is 0 Å². The van der Waals surface area contributed by atoms with Crippen molar-refractivity contribution in [2.24, 2.45) is 5.92 Å². The first kappa shape index (κ1) is 20.6. The van der Waals surface area contributed by atoms with Gasteiger partial charge in [-0.2, -0.15) is 13.2 Å². The van der Waals surface area contributed by atoms with Crippen LogP contribution in [0.3, 0.4) is 0 Å². The number of hydrogen-bond acceptors (Lipinski definition) is 4. The quantitative estimate of drug-likeness (QED) is 0.763. The Hall–Kier alpha value is -2.71. The number of alkyl halides is 3. The van der Waals surface area contributed by atoms with Gasteiger partial charge in [-0.15, -0.1) is 10.2 Å². The van der Waals surface area contributed by atoms with E-state index in [0.29, 0.717) is 56.7 Å². The molecule has 2 aliphatic rings. The number of fused-ring (bicyclic) bond motifs is 1. The van der Waals surface area contributed by atoms with Gasteiger partial charge in [-0.25, -0.2) is 0 Å². The lowest BCUT2D eigenvalue weighted by atomic mass is 9.86. The number of halogens is 3. The van der Waals surface area contributed by atoms with Crippen molar-refractivity contribution in [3.05, 3.63) is 47.0 Å². The number of Topliss-reactive ketones (excluding diaryl/α,β-unsaturated/α-hetero) is 1. The highest BCUT2D eigenvalue weighted by atomic mass is 19.4. The Labute approximate surface area is 172 Å². The smallest absolute Gasteiger partial charge is 0.336 e. The highest BCUT2D eigenvalue weighted by molar-refractivity contribution is 5.91. The molecule has 9 heteroatoms. The minimum absolute atomic E-state index is 0.0888. The third kappa shape index (κ3) is 3.85. The maximum absolute atomic E-state index is 13.3. The lowest BCUT2D eigenvalue weighted by Gasteiger charge is -2.33. The number of likely N-dealkylation sites (tertiary alicyclic amines) is 1. The summed E-state index contributed by atoms with van der Waals surface area (Å²) in [7, 11) is 0. The molecule has 4 rings (SSSR count). The van der Waals surface area contributed by atoms with Crippen LogP contribution in [-0.2, 0) is 23.9 Å². The molecule has 1 amide bonds. The summed E-state index contributed by atoms with van der Waals surface area (Å²) in [5.74, 6) is 0.417. The van der Waals surface area contributed by atoms with Crippen LogP contribution in [0.25, 0.3) is 0 Å². The standard InChI is InChI=1S/C21H23F3N4O2/c1-13(29)15-8-11-28-18(12-15)25-26-19(28)20(30)27-9-6-14(7-10-27)16-4-2-3-5-17(16)21(22,23)24/h2-5,14-15H,6-12H2,1H3. The van der Waals surface area contributed by atoms with E-state index < -0.39 is 11.7 Å². The number of nitrogens with zero attached hydrogens (tertiary/aromatic N) is 4. The first-order chi connectivity index (χ1) is 14.3. The number of amides is 1. The summed E-state index contributed by atoms with van der Waals surface area (Å²) >= 11 is 0. The van der Waals surface area contributed by atoms with Gasteiger partial charge in [0.2, 0.25) is 5.82 Å². The van der Waals surface area contributed by atoms with E-state index in [1.807, 2.05) is 0 Å². The molecular weight excluding hydrogens is 397 g/mol. The molecule has 0 saturated carbocycles. The number of carbonyl (C=O) groups excluding carboxylic acids is 2. The minimum Gasteiger partial charge on any atom is -0.336 e. The summed E-state index contributed by atoms with van der Waals surface area (Å²) < 4.78 is 41.8. The zero-order valence-corrected chi connectivity index (χ0v) is 16.7. The van der Waals surface area contributed by atoms with Crippen molar-refractivity contribution in [2.75, 3.05) is 13.1 Å². The summed E-state index contributed by atoms with van der Waals surface area (Å²) in [5, 5.41) is 8.15. The van der Waals surface area contributed by atoms with E-state index in [2.05, 4.69) is 10.2 Å². The molecule has 1 unspecified atom stereocenters. The van der Waals surface area contributed by atoms with E-state index in [1.165, 1.54) is 12.1 Å². The summed E-state index contributed by atoms with van der Waals surface area (Å²) in [4.78, 5) is 26.2. The van der Waals surface area contributed by atoms with Gasteiger partial charge in [0, 0.05) is 32.0 Å². The van der Waals surface area contributed by atoms with Crippen LogP contribution in [0.2, 0.25) is 0 Å². The third-order valence-corrected chi connectivity index (χ3v) is 6.21. The Morgan fingerprint density at radius 1 is 1.03 bits per heavy atom. The first-order valence-electron chi connectivity index (χ1n) is 10.1. The van der Waals surface area contributed by atoms with E-state index in [-0.39, 0.29) is 29.4 Å². The summed E-state index contributed by atoms with van der Waals surface area (Å²) in [5.41, 5.74) is -0.298. The van der Waals surface area contributed by atoms with E-state index in [1.54, 1.807) is 22.5 Å². The number of ketones is 1. The highest BCUT2D eigenvalue weighted by Crippen LogP contribution is 2.38. The van der Waals surface area contributed by atoms with Gasteiger partial charge in [-0.05, 0) is 43.7 Å². The second kappa shape index (κ2) is 7.85. The van der Waals surface area contributed by atoms with Crippen LogP contribution in [0.4, 0.5) is 13.2 Å². The zero-order chi connectivity index (χ0) is 21.5. The lowest BCUT2D eigenvalue weighted by molar-refractivity contribution is -0.138. The van der Waals surface area contributed by atoms with Crippen LogP contribution in [0.5, 0.6) is 0 Å². The second-order valence-corrected chi connectivity index (χ2v) is 8.04. The van der Waals surface area contributed by atoms with Crippen LogP contribution in [0, 0.1) is 5.92 Å². The molecule has 0 N–H and O–H groups in total. The summed E-state index contributed by atoms with van der Waals surface area (Å²) in [6, 6.07) is 5.67. The summed E-state index contributed by atoms with van der Waals surface area (Å²) in [6.07, 6.45) is -2.33.